The van der Waals surface area contributed by atoms with Crippen LogP contribution in [0.1, 0.15) is 58.4 Å². The molecule has 78 heavy (non-hydrogen) atoms. The Kier molecular flexibility index (Phi) is 19.5. The second-order valence-corrected chi connectivity index (χ2v) is 18.5. The molecule has 0 saturated carbocycles. The first-order chi connectivity index (χ1) is 38.0. The number of aliphatic imine (C=N–C) groups is 3. The van der Waals surface area contributed by atoms with E-state index in [0.29, 0.717) is 36.5 Å². The number of amidine groups is 1. The topological polar surface area (TPSA) is 114 Å². The third-order valence-electron chi connectivity index (χ3n) is 13.0. The molecule has 0 atom stereocenters. The van der Waals surface area contributed by atoms with Crippen molar-refractivity contribution in [3.63, 3.8) is 0 Å². The summed E-state index contributed by atoms with van der Waals surface area (Å²) in [4.78, 5) is 15.5. The van der Waals surface area contributed by atoms with E-state index in [4.69, 9.17) is 10.7 Å². The second-order valence-electron chi connectivity index (χ2n) is 18.5. The second kappa shape index (κ2) is 27.4. The average Bonchev–Trinajstić information content (AvgIpc) is 3.46. The minimum absolute atomic E-state index is 0.362. The molecular weight excluding hydrogens is 951 g/mol. The van der Waals surface area contributed by atoms with Crippen LogP contribution in [0.4, 0.5) is 17.1 Å². The highest BCUT2D eigenvalue weighted by atomic mass is 15.1. The Morgan fingerprint density at radius 2 is 1.42 bits per heavy atom. The van der Waals surface area contributed by atoms with E-state index in [-0.39, 0.29) is 0 Å². The van der Waals surface area contributed by atoms with Gasteiger partial charge >= 0.3 is 0 Å². The lowest BCUT2D eigenvalue weighted by molar-refractivity contribution is 1.06. The monoisotopic (exact) mass is 1010 g/mol. The number of nitrogens with two attached hydrogens (primary N) is 1. The van der Waals surface area contributed by atoms with Crippen molar-refractivity contribution >= 4 is 41.9 Å². The molecule has 7 aromatic rings. The standard InChI is InChI=1S/C43H36N4.C28H27N3/c1-5-7-8-9-10-16-32(3)34(6-2)23-24-36-28-37(25-26-40(36)35-20-15-17-33(27-35)29-44)43(46-4)47-31-39-19-12-14-22-42(39)41-21-13-11-18-38(41)30-45;1-19-6-5-7-23(15-19)25-10-8-22(18-30-4)16-28(25)31-13-12-20(2)14-21(3)26-17-24(29)9-11-27(26)31/h5-23,25-28H,2-4,24,31H2,1H3;5-17H,3-4,18,29H2,1-2H3/b7-5-,9-8-,16-10-,34-23-,47-43?;13-12-,20-14-. The number of hydrogen-bond acceptors (Lipinski definition) is 6. The van der Waals surface area contributed by atoms with E-state index in [9.17, 15) is 10.5 Å². The van der Waals surface area contributed by atoms with E-state index in [1.54, 1.807) is 6.07 Å². The van der Waals surface area contributed by atoms with Gasteiger partial charge in [-0.25, -0.2) is 4.99 Å². The van der Waals surface area contributed by atoms with Crippen molar-refractivity contribution in [2.45, 2.75) is 40.3 Å². The third kappa shape index (κ3) is 14.1. The highest BCUT2D eigenvalue weighted by Crippen LogP contribution is 2.42. The van der Waals surface area contributed by atoms with Crippen molar-refractivity contribution in [3.8, 4) is 45.5 Å². The molecule has 0 aliphatic carbocycles. The van der Waals surface area contributed by atoms with Crippen LogP contribution in [-0.2, 0) is 19.5 Å². The first kappa shape index (κ1) is 55.5. The highest BCUT2D eigenvalue weighted by molar-refractivity contribution is 6.02. The maximum atomic E-state index is 9.69. The predicted molar refractivity (Wildman–Crippen MR) is 332 cm³/mol. The Balaban J connectivity index is 0.000000245. The van der Waals surface area contributed by atoms with Crippen LogP contribution in [0.3, 0.4) is 0 Å². The van der Waals surface area contributed by atoms with Gasteiger partial charge in [0.15, 0.2) is 5.84 Å². The van der Waals surface area contributed by atoms with Gasteiger partial charge in [0, 0.05) is 28.6 Å². The number of allylic oxidation sites excluding steroid dienone is 14. The van der Waals surface area contributed by atoms with Gasteiger partial charge in [-0.05, 0) is 162 Å². The van der Waals surface area contributed by atoms with Gasteiger partial charge in [0.2, 0.25) is 0 Å². The summed E-state index contributed by atoms with van der Waals surface area (Å²) >= 11 is 0. The minimum Gasteiger partial charge on any atom is -0.399 e. The molecule has 7 heteroatoms. The number of nitrogens with zero attached hydrogens (tertiary/aromatic N) is 6. The summed E-state index contributed by atoms with van der Waals surface area (Å²) in [6.45, 7) is 27.2. The smallest absolute Gasteiger partial charge is 0.154 e. The Labute approximate surface area is 461 Å². The van der Waals surface area contributed by atoms with Crippen molar-refractivity contribution in [3.05, 3.63) is 300 Å². The fourth-order valence-electron chi connectivity index (χ4n) is 9.11. The summed E-state index contributed by atoms with van der Waals surface area (Å²) < 4.78 is 0. The van der Waals surface area contributed by atoms with E-state index in [2.05, 4.69) is 153 Å². The number of nitrogen functional groups attached to an aromatic ring is 1. The first-order valence-corrected chi connectivity index (χ1v) is 25.6. The summed E-state index contributed by atoms with van der Waals surface area (Å²) in [7, 11) is 0. The fraction of sp³-hybridized carbons (Fsp3) is 0.0845. The lowest BCUT2D eigenvalue weighted by Crippen LogP contribution is -2.13. The molecule has 0 bridgehead atoms. The normalized spacial score (nSPS) is 13.5. The van der Waals surface area contributed by atoms with Crippen molar-refractivity contribution in [2.75, 3.05) is 10.6 Å². The fourth-order valence-corrected chi connectivity index (χ4v) is 9.11. The molecule has 8 rings (SSSR count). The summed E-state index contributed by atoms with van der Waals surface area (Å²) in [5, 5.41) is 19.2. The van der Waals surface area contributed by atoms with Crippen LogP contribution in [0.25, 0.3) is 39.0 Å². The SMILES string of the molecule is C=C/C(=C/Cc1cc(C(N=C)=NCc2ccccc2-c2ccccc2C#N)ccc1-c1cccc(C#N)c1)C(=C)\C=C/C=C\C=C/C.C=NCc1ccc(-c2cccc(C)c2)c(N2/C=C\C(C)=C/C(=C)c3cc(N)ccc32)c1. The van der Waals surface area contributed by atoms with Gasteiger partial charge in [-0.15, -0.1) is 0 Å². The van der Waals surface area contributed by atoms with Crippen LogP contribution in [0.15, 0.2) is 270 Å². The van der Waals surface area contributed by atoms with Crippen molar-refractivity contribution < 1.29 is 0 Å². The number of nitriles is 2. The van der Waals surface area contributed by atoms with E-state index < -0.39 is 0 Å². The average molecular weight is 1010 g/mol. The van der Waals surface area contributed by atoms with E-state index in [1.165, 1.54) is 11.1 Å². The maximum absolute atomic E-state index is 9.69. The van der Waals surface area contributed by atoms with Gasteiger partial charge in [-0.2, -0.15) is 10.5 Å². The van der Waals surface area contributed by atoms with Gasteiger partial charge in [-0.3, -0.25) is 9.98 Å². The van der Waals surface area contributed by atoms with Crippen LogP contribution < -0.4 is 10.6 Å². The molecule has 0 fully saturated rings. The molecule has 0 aromatic heterocycles. The number of fused-ring (bicyclic) bond motifs is 1. The Hall–Kier alpha value is -10.2. The van der Waals surface area contributed by atoms with Crippen LogP contribution >= 0.6 is 0 Å². The molecule has 0 spiro atoms. The van der Waals surface area contributed by atoms with Crippen molar-refractivity contribution in [1.29, 1.82) is 10.5 Å². The molecule has 1 heterocycles. The van der Waals surface area contributed by atoms with Crippen LogP contribution in [-0.4, -0.2) is 19.3 Å². The number of rotatable bonds is 16. The molecule has 382 valence electrons. The predicted octanol–water partition coefficient (Wildman–Crippen LogP) is 17.4. The molecule has 0 amide bonds. The molecule has 0 saturated heterocycles. The Morgan fingerprint density at radius 1 is 0.679 bits per heavy atom. The lowest BCUT2D eigenvalue weighted by Gasteiger charge is -2.28. The first-order valence-electron chi connectivity index (χ1n) is 25.6. The zero-order chi connectivity index (χ0) is 55.4. The minimum atomic E-state index is 0.362. The quantitative estimate of drug-likeness (QED) is 0.0449. The van der Waals surface area contributed by atoms with Crippen LogP contribution in [0.5, 0.6) is 0 Å². The largest absolute Gasteiger partial charge is 0.399 e. The molecule has 7 nitrogen and oxygen atoms in total. The van der Waals surface area contributed by atoms with Gasteiger partial charge in [0.25, 0.3) is 0 Å². The van der Waals surface area contributed by atoms with Gasteiger partial charge in [-0.1, -0.05) is 183 Å². The van der Waals surface area contributed by atoms with E-state index in [0.717, 1.165) is 95.0 Å². The lowest BCUT2D eigenvalue weighted by atomic mass is 9.93. The number of benzene rings is 7. The zero-order valence-electron chi connectivity index (χ0n) is 44.7. The molecular formula is C71H63N7. The van der Waals surface area contributed by atoms with Gasteiger partial charge < -0.3 is 10.6 Å². The summed E-state index contributed by atoms with van der Waals surface area (Å²) in [5.41, 5.74) is 26.3. The maximum Gasteiger partial charge on any atom is 0.154 e. The van der Waals surface area contributed by atoms with Crippen molar-refractivity contribution in [1.82, 2.24) is 0 Å². The number of aryl methyl sites for hydroxylation is 1. The summed E-state index contributed by atoms with van der Waals surface area (Å²) in [5.74, 6) is 0.514. The van der Waals surface area contributed by atoms with Gasteiger partial charge in [0.1, 0.15) is 0 Å². The zero-order valence-corrected chi connectivity index (χ0v) is 44.7. The Bertz CT molecular complexity index is 3720. The summed E-state index contributed by atoms with van der Waals surface area (Å²) in [6.07, 6.45) is 22.6. The molecule has 0 radical (unpaired) electrons. The van der Waals surface area contributed by atoms with Crippen LogP contribution in [0, 0.1) is 29.6 Å². The summed E-state index contributed by atoms with van der Waals surface area (Å²) in [6, 6.07) is 54.8. The molecule has 7 aromatic carbocycles. The van der Waals surface area contributed by atoms with Crippen molar-refractivity contribution in [2.24, 2.45) is 15.0 Å². The van der Waals surface area contributed by atoms with Crippen LogP contribution in [0.2, 0.25) is 0 Å². The number of anilines is 3. The van der Waals surface area contributed by atoms with E-state index in [1.807, 2.05) is 140 Å². The highest BCUT2D eigenvalue weighted by Gasteiger charge is 2.20. The third-order valence-corrected chi connectivity index (χ3v) is 13.0. The molecule has 0 unspecified atom stereocenters. The van der Waals surface area contributed by atoms with Gasteiger partial charge in [0.05, 0.1) is 47.7 Å². The molecule has 2 N–H and O–H groups in total. The van der Waals surface area contributed by atoms with E-state index >= 15 is 0 Å². The molecule has 1 aliphatic rings. The molecule has 1 aliphatic heterocycles. The Morgan fingerprint density at radius 3 is 2.17 bits per heavy atom. The number of hydrogen-bond donors (Lipinski definition) is 1.